The van der Waals surface area contributed by atoms with Crippen LogP contribution in [0.15, 0.2) is 48.5 Å². The number of fused-ring (bicyclic) bond motifs is 2. The minimum atomic E-state index is -0.148. The summed E-state index contributed by atoms with van der Waals surface area (Å²) < 4.78 is 5.65. The van der Waals surface area contributed by atoms with E-state index in [0.717, 1.165) is 73.4 Å². The average Bonchev–Trinajstić information content (AvgIpc) is 2.85. The maximum Gasteiger partial charge on any atom is 0.319 e. The average molecular weight is 460 g/mol. The molecule has 7 heteroatoms. The number of carbonyl (C=O) groups is 1. The second-order valence-electron chi connectivity index (χ2n) is 9.40. The van der Waals surface area contributed by atoms with Crippen molar-refractivity contribution < 1.29 is 9.53 Å². The fourth-order valence-corrected chi connectivity index (χ4v) is 5.13. The summed E-state index contributed by atoms with van der Waals surface area (Å²) in [6.45, 7) is 2.03. The van der Waals surface area contributed by atoms with E-state index in [1.54, 1.807) is 7.11 Å². The zero-order valence-corrected chi connectivity index (χ0v) is 19.9. The number of carbonyl (C=O) groups excluding carboxylic acids is 1. The molecule has 7 nitrogen and oxygen atoms in total. The highest BCUT2D eigenvalue weighted by molar-refractivity contribution is 5.93. The van der Waals surface area contributed by atoms with E-state index in [2.05, 4.69) is 46.1 Å². The van der Waals surface area contributed by atoms with E-state index in [4.69, 9.17) is 9.72 Å². The molecular formula is C27H33N5O2. The van der Waals surface area contributed by atoms with Crippen molar-refractivity contribution in [3.63, 3.8) is 0 Å². The van der Waals surface area contributed by atoms with Crippen LogP contribution in [0.2, 0.25) is 0 Å². The predicted octanol–water partition coefficient (Wildman–Crippen LogP) is 4.95. The fraction of sp³-hybridized carbons (Fsp3) is 0.407. The molecule has 1 unspecified atom stereocenters. The van der Waals surface area contributed by atoms with Gasteiger partial charge in [0.05, 0.1) is 18.7 Å². The Morgan fingerprint density at radius 3 is 2.76 bits per heavy atom. The van der Waals surface area contributed by atoms with Gasteiger partial charge in [-0.25, -0.2) is 9.78 Å². The second kappa shape index (κ2) is 9.89. The smallest absolute Gasteiger partial charge is 0.319 e. The number of nitrogens with one attached hydrogen (secondary N) is 3. The van der Waals surface area contributed by atoms with Gasteiger partial charge in [0.15, 0.2) is 0 Å². The first-order chi connectivity index (χ1) is 16.6. The molecule has 1 aliphatic heterocycles. The molecule has 3 aromatic rings. The summed E-state index contributed by atoms with van der Waals surface area (Å²) in [5.41, 5.74) is 4.25. The van der Waals surface area contributed by atoms with Crippen LogP contribution in [-0.4, -0.2) is 49.2 Å². The Morgan fingerprint density at radius 1 is 1.09 bits per heavy atom. The number of hydrogen-bond donors (Lipinski definition) is 3. The van der Waals surface area contributed by atoms with Crippen molar-refractivity contribution in [1.29, 1.82) is 0 Å². The molecule has 1 aliphatic carbocycles. The van der Waals surface area contributed by atoms with E-state index in [1.807, 2.05) is 30.3 Å². The number of piperidine rings is 1. The Bertz CT molecular complexity index is 1160. The number of likely N-dealkylation sites (tertiary alicyclic amines) is 1. The number of pyridine rings is 1. The molecule has 178 valence electrons. The van der Waals surface area contributed by atoms with Gasteiger partial charge in [0.1, 0.15) is 11.6 Å². The molecule has 0 bridgehead atoms. The summed E-state index contributed by atoms with van der Waals surface area (Å²) in [7, 11) is 3.85. The van der Waals surface area contributed by atoms with Crippen LogP contribution in [0.25, 0.3) is 10.9 Å². The highest BCUT2D eigenvalue weighted by Gasteiger charge is 2.24. The predicted molar refractivity (Wildman–Crippen MR) is 137 cm³/mol. The Morgan fingerprint density at radius 2 is 1.94 bits per heavy atom. The van der Waals surface area contributed by atoms with Gasteiger partial charge in [0.25, 0.3) is 0 Å². The number of nitrogens with zero attached hydrogens (tertiary/aromatic N) is 2. The lowest BCUT2D eigenvalue weighted by Gasteiger charge is -2.29. The summed E-state index contributed by atoms with van der Waals surface area (Å²) in [5.74, 6) is 1.78. The number of benzene rings is 2. The molecule has 34 heavy (non-hydrogen) atoms. The van der Waals surface area contributed by atoms with Gasteiger partial charge in [0.2, 0.25) is 0 Å². The third kappa shape index (κ3) is 4.94. The van der Waals surface area contributed by atoms with Crippen LogP contribution in [0.4, 0.5) is 16.3 Å². The summed E-state index contributed by atoms with van der Waals surface area (Å²) in [4.78, 5) is 19.6. The van der Waals surface area contributed by atoms with Gasteiger partial charge in [-0.05, 0) is 94.2 Å². The molecule has 5 rings (SSSR count). The summed E-state index contributed by atoms with van der Waals surface area (Å²) in [6, 6.07) is 16.4. The molecule has 1 fully saturated rings. The van der Waals surface area contributed by atoms with E-state index >= 15 is 0 Å². The largest absolute Gasteiger partial charge is 0.496 e. The molecule has 1 aromatic heterocycles. The number of anilines is 2. The Hall–Kier alpha value is -3.32. The Balaban J connectivity index is 1.27. The third-order valence-electron chi connectivity index (χ3n) is 6.99. The minimum absolute atomic E-state index is 0.148. The van der Waals surface area contributed by atoms with E-state index in [1.165, 1.54) is 11.1 Å². The Labute approximate surface area is 200 Å². The van der Waals surface area contributed by atoms with Crippen LogP contribution in [0.5, 0.6) is 5.75 Å². The number of amides is 2. The third-order valence-corrected chi connectivity index (χ3v) is 6.99. The summed E-state index contributed by atoms with van der Waals surface area (Å²) in [6.07, 6.45) is 5.23. The molecule has 2 amide bonds. The lowest BCUT2D eigenvalue weighted by atomic mass is 9.87. The molecular weight excluding hydrogens is 426 g/mol. The molecule has 2 aliphatic rings. The molecule has 0 radical (unpaired) electrons. The number of aromatic nitrogens is 1. The first-order valence-electron chi connectivity index (χ1n) is 12.2. The van der Waals surface area contributed by atoms with Crippen molar-refractivity contribution in [1.82, 2.24) is 15.2 Å². The normalized spacial score (nSPS) is 18.8. The first-order valence-corrected chi connectivity index (χ1v) is 12.2. The number of rotatable bonds is 5. The number of urea groups is 1. The maximum atomic E-state index is 12.5. The van der Waals surface area contributed by atoms with Crippen LogP contribution in [-0.2, 0) is 6.42 Å². The fourth-order valence-electron chi connectivity index (χ4n) is 5.13. The van der Waals surface area contributed by atoms with Crippen molar-refractivity contribution in [2.24, 2.45) is 0 Å². The van der Waals surface area contributed by atoms with Gasteiger partial charge in [-0.1, -0.05) is 12.1 Å². The zero-order chi connectivity index (χ0) is 23.5. The molecule has 0 saturated carbocycles. The molecule has 3 N–H and O–H groups in total. The van der Waals surface area contributed by atoms with Crippen molar-refractivity contribution in [3.8, 4) is 5.75 Å². The lowest BCUT2D eigenvalue weighted by molar-refractivity contribution is 0.221. The van der Waals surface area contributed by atoms with Crippen molar-refractivity contribution in [2.75, 3.05) is 37.9 Å². The quantitative estimate of drug-likeness (QED) is 0.503. The summed E-state index contributed by atoms with van der Waals surface area (Å²) in [5, 5.41) is 10.7. The molecule has 2 heterocycles. The van der Waals surface area contributed by atoms with Crippen LogP contribution in [0, 0.1) is 0 Å². The lowest BCUT2D eigenvalue weighted by Crippen LogP contribution is -2.44. The number of ether oxygens (including phenoxy) is 1. The number of methoxy groups -OCH3 is 1. The molecule has 1 saturated heterocycles. The Kier molecular flexibility index (Phi) is 6.54. The molecule has 2 aromatic carbocycles. The maximum absolute atomic E-state index is 12.5. The van der Waals surface area contributed by atoms with Gasteiger partial charge in [0, 0.05) is 22.7 Å². The van der Waals surface area contributed by atoms with Crippen LogP contribution in [0.3, 0.4) is 0 Å². The van der Waals surface area contributed by atoms with Crippen LogP contribution < -0.4 is 20.7 Å². The monoisotopic (exact) mass is 459 g/mol. The van der Waals surface area contributed by atoms with E-state index in [-0.39, 0.29) is 18.1 Å². The first kappa shape index (κ1) is 22.5. The van der Waals surface area contributed by atoms with Gasteiger partial charge >= 0.3 is 6.03 Å². The highest BCUT2D eigenvalue weighted by atomic mass is 16.5. The molecule has 1 atom stereocenters. The topological polar surface area (TPSA) is 78.5 Å². The van der Waals surface area contributed by atoms with Gasteiger partial charge < -0.3 is 25.6 Å². The number of aryl methyl sites for hydroxylation is 1. The van der Waals surface area contributed by atoms with E-state index in [9.17, 15) is 4.79 Å². The van der Waals surface area contributed by atoms with Crippen molar-refractivity contribution in [2.45, 2.75) is 44.2 Å². The molecule has 0 spiro atoms. The highest BCUT2D eigenvalue weighted by Crippen LogP contribution is 2.38. The van der Waals surface area contributed by atoms with Crippen LogP contribution >= 0.6 is 0 Å². The van der Waals surface area contributed by atoms with Gasteiger partial charge in [-0.3, -0.25) is 0 Å². The zero-order valence-electron chi connectivity index (χ0n) is 19.9. The SMILES string of the molecule is COc1cccc2c1C(Nc1ccc3cc(NC(=O)NC4CCN(C)CC4)ccc3n1)CCC2. The van der Waals surface area contributed by atoms with Gasteiger partial charge in [-0.2, -0.15) is 0 Å². The van der Waals surface area contributed by atoms with Crippen LogP contribution in [0.1, 0.15) is 42.9 Å². The van der Waals surface area contributed by atoms with Crippen molar-refractivity contribution in [3.05, 3.63) is 59.7 Å². The number of hydrogen-bond acceptors (Lipinski definition) is 5. The van der Waals surface area contributed by atoms with E-state index < -0.39 is 0 Å². The van der Waals surface area contributed by atoms with Gasteiger partial charge in [-0.15, -0.1) is 0 Å². The minimum Gasteiger partial charge on any atom is -0.496 e. The second-order valence-corrected chi connectivity index (χ2v) is 9.40. The standard InChI is InChI=1S/C27H33N5O2/c1-32-15-13-20(14-16-32)28-27(33)29-21-10-11-22-19(17-21)9-12-25(30-22)31-23-7-3-5-18-6-4-8-24(34-2)26(18)23/h4,6,8-12,17,20,23H,3,5,7,13-16H2,1-2H3,(H,30,31)(H2,28,29,33). The van der Waals surface area contributed by atoms with Crippen molar-refractivity contribution >= 4 is 28.4 Å². The summed E-state index contributed by atoms with van der Waals surface area (Å²) >= 11 is 0. The van der Waals surface area contributed by atoms with E-state index in [0.29, 0.717) is 0 Å².